The number of aromatic nitrogens is 4. The van der Waals surface area contributed by atoms with Crippen LogP contribution < -0.4 is 10.4 Å². The second-order valence-electron chi connectivity index (χ2n) is 5.82. The zero-order valence-electron chi connectivity index (χ0n) is 14.3. The first kappa shape index (κ1) is 18.6. The summed E-state index contributed by atoms with van der Waals surface area (Å²) in [5.41, 5.74) is -1.26. The summed E-state index contributed by atoms with van der Waals surface area (Å²) in [5.74, 6) is -1.18. The Hall–Kier alpha value is -3.17. The monoisotopic (exact) mass is 382 g/mol. The van der Waals surface area contributed by atoms with E-state index in [1.807, 2.05) is 0 Å². The summed E-state index contributed by atoms with van der Waals surface area (Å²) in [6.45, 7) is 0.992. The van der Waals surface area contributed by atoms with Crippen LogP contribution in [0.5, 0.6) is 5.75 Å². The molecule has 0 N–H and O–H groups in total. The van der Waals surface area contributed by atoms with E-state index in [-0.39, 0.29) is 11.3 Å². The molecule has 3 rings (SSSR count). The molecule has 1 heterocycles. The van der Waals surface area contributed by atoms with Crippen LogP contribution in [0.15, 0.2) is 41.2 Å². The molecule has 0 aliphatic carbocycles. The van der Waals surface area contributed by atoms with Gasteiger partial charge in [-0.25, -0.2) is 9.18 Å². The summed E-state index contributed by atoms with van der Waals surface area (Å²) >= 11 is 0. The maximum atomic E-state index is 14.3. The highest BCUT2D eigenvalue weighted by molar-refractivity contribution is 5.42. The molecule has 3 aromatic rings. The minimum atomic E-state index is -4.62. The fraction of sp³-hybridized carbons (Fsp3) is 0.235. The molecule has 142 valence electrons. The predicted molar refractivity (Wildman–Crippen MR) is 87.1 cm³/mol. The average molecular weight is 382 g/mol. The Kier molecular flexibility index (Phi) is 4.73. The van der Waals surface area contributed by atoms with Crippen LogP contribution in [-0.4, -0.2) is 19.8 Å². The lowest BCUT2D eigenvalue weighted by atomic mass is 10.1. The average Bonchev–Trinajstić information content (AvgIpc) is 2.93. The van der Waals surface area contributed by atoms with Gasteiger partial charge in [-0.1, -0.05) is 17.7 Å². The smallest absolute Gasteiger partial charge is 0.419 e. The van der Waals surface area contributed by atoms with E-state index in [4.69, 9.17) is 4.74 Å². The Labute approximate surface area is 150 Å². The molecular formula is C17H14F4N4O2. The van der Waals surface area contributed by atoms with Crippen LogP contribution in [0, 0.1) is 12.7 Å². The van der Waals surface area contributed by atoms with Gasteiger partial charge < -0.3 is 4.74 Å². The van der Waals surface area contributed by atoms with E-state index in [1.165, 1.54) is 38.2 Å². The van der Waals surface area contributed by atoms with E-state index >= 15 is 0 Å². The number of ether oxygens (including phenoxy) is 1. The van der Waals surface area contributed by atoms with E-state index in [9.17, 15) is 22.4 Å². The van der Waals surface area contributed by atoms with Crippen LogP contribution >= 0.6 is 0 Å². The van der Waals surface area contributed by atoms with Crippen LogP contribution in [0.1, 0.15) is 16.7 Å². The predicted octanol–water partition coefficient (Wildman–Crippen LogP) is 3.01. The molecule has 0 unspecified atom stereocenters. The van der Waals surface area contributed by atoms with E-state index in [1.54, 1.807) is 0 Å². The minimum absolute atomic E-state index is 0.0359. The molecule has 0 aliphatic heterocycles. The van der Waals surface area contributed by atoms with Crippen LogP contribution in [0.2, 0.25) is 0 Å². The van der Waals surface area contributed by atoms with Crippen molar-refractivity contribution >= 4 is 0 Å². The van der Waals surface area contributed by atoms with Gasteiger partial charge in [-0.3, -0.25) is 0 Å². The number of rotatable bonds is 4. The second kappa shape index (κ2) is 6.86. The van der Waals surface area contributed by atoms with Gasteiger partial charge in [0.25, 0.3) is 0 Å². The van der Waals surface area contributed by atoms with Gasteiger partial charge in [-0.15, -0.1) is 0 Å². The first-order valence-electron chi connectivity index (χ1n) is 7.76. The fourth-order valence-corrected chi connectivity index (χ4v) is 2.49. The van der Waals surface area contributed by atoms with E-state index < -0.39 is 35.6 Å². The summed E-state index contributed by atoms with van der Waals surface area (Å²) in [7, 11) is 1.36. The zero-order chi connectivity index (χ0) is 19.8. The third kappa shape index (κ3) is 3.69. The summed E-state index contributed by atoms with van der Waals surface area (Å²) in [4.78, 5) is 12.0. The summed E-state index contributed by atoms with van der Waals surface area (Å²) in [6, 6.07) is 7.45. The van der Waals surface area contributed by atoms with Gasteiger partial charge in [0.1, 0.15) is 18.2 Å². The molecule has 6 nitrogen and oxygen atoms in total. The Balaban J connectivity index is 1.99. The molecule has 0 amide bonds. The lowest BCUT2D eigenvalue weighted by molar-refractivity contribution is -0.139. The maximum Gasteiger partial charge on any atom is 0.419 e. The zero-order valence-corrected chi connectivity index (χ0v) is 14.3. The van der Waals surface area contributed by atoms with Crippen molar-refractivity contribution < 1.29 is 22.3 Å². The van der Waals surface area contributed by atoms with Crippen LogP contribution in [0.25, 0.3) is 5.69 Å². The van der Waals surface area contributed by atoms with Crippen molar-refractivity contribution in [1.29, 1.82) is 0 Å². The van der Waals surface area contributed by atoms with Crippen molar-refractivity contribution in [3.63, 3.8) is 0 Å². The highest BCUT2D eigenvalue weighted by atomic mass is 19.4. The summed E-state index contributed by atoms with van der Waals surface area (Å²) in [6.07, 6.45) is -4.62. The molecular weight excluding hydrogens is 368 g/mol. The van der Waals surface area contributed by atoms with E-state index in [0.717, 1.165) is 21.5 Å². The SMILES string of the molecule is Cc1ccc(OCc2c(F)cccc2-n2nnn(C)c2=O)c(C(F)(F)F)c1. The topological polar surface area (TPSA) is 61.9 Å². The molecule has 0 spiro atoms. The number of benzene rings is 2. The molecule has 0 fully saturated rings. The number of alkyl halides is 3. The summed E-state index contributed by atoms with van der Waals surface area (Å²) in [5, 5.41) is 7.17. The maximum absolute atomic E-state index is 14.3. The highest BCUT2D eigenvalue weighted by Crippen LogP contribution is 2.37. The van der Waals surface area contributed by atoms with E-state index in [2.05, 4.69) is 10.4 Å². The summed E-state index contributed by atoms with van der Waals surface area (Å²) < 4.78 is 61.0. The number of hydrogen-bond donors (Lipinski definition) is 0. The molecule has 0 aliphatic rings. The molecule has 1 aromatic heterocycles. The van der Waals surface area contributed by atoms with Crippen LogP contribution in [0.3, 0.4) is 0 Å². The second-order valence-corrected chi connectivity index (χ2v) is 5.82. The van der Waals surface area contributed by atoms with Gasteiger partial charge >= 0.3 is 11.9 Å². The largest absolute Gasteiger partial charge is 0.488 e. The number of aryl methyl sites for hydroxylation is 2. The van der Waals surface area contributed by atoms with Crippen molar-refractivity contribution in [3.05, 3.63) is 69.4 Å². The molecule has 27 heavy (non-hydrogen) atoms. The number of halogens is 4. The van der Waals surface area contributed by atoms with Gasteiger partial charge in [-0.2, -0.15) is 22.5 Å². The molecule has 0 atom stereocenters. The quantitative estimate of drug-likeness (QED) is 0.651. The normalized spacial score (nSPS) is 11.6. The van der Waals surface area contributed by atoms with Gasteiger partial charge in [0.05, 0.1) is 16.8 Å². The third-order valence-electron chi connectivity index (χ3n) is 3.86. The Morgan fingerprint density at radius 1 is 1.15 bits per heavy atom. The molecule has 10 heteroatoms. The standard InChI is InChI=1S/C17H14F4N4O2/c1-10-6-7-15(12(8-10)17(19,20)21)27-9-11-13(18)4-3-5-14(11)25-16(26)24(2)22-23-25/h3-8H,9H2,1-2H3. The number of nitrogens with zero attached hydrogens (tertiary/aromatic N) is 4. The lowest BCUT2D eigenvalue weighted by Gasteiger charge is -2.16. The highest BCUT2D eigenvalue weighted by Gasteiger charge is 2.34. The third-order valence-corrected chi connectivity index (χ3v) is 3.86. The van der Waals surface area contributed by atoms with Crippen molar-refractivity contribution in [2.75, 3.05) is 0 Å². The van der Waals surface area contributed by atoms with Gasteiger partial charge in [0.2, 0.25) is 0 Å². The fourth-order valence-electron chi connectivity index (χ4n) is 2.49. The molecule has 0 radical (unpaired) electrons. The first-order chi connectivity index (χ1) is 12.7. The molecule has 0 saturated carbocycles. The van der Waals surface area contributed by atoms with Crippen molar-refractivity contribution in [1.82, 2.24) is 19.8 Å². The first-order valence-corrected chi connectivity index (χ1v) is 7.76. The Bertz CT molecular complexity index is 1040. The van der Waals surface area contributed by atoms with Crippen molar-refractivity contribution in [3.8, 4) is 11.4 Å². The Morgan fingerprint density at radius 3 is 2.52 bits per heavy atom. The molecule has 2 aromatic carbocycles. The number of hydrogen-bond acceptors (Lipinski definition) is 4. The molecule has 0 bridgehead atoms. The van der Waals surface area contributed by atoms with Gasteiger partial charge in [0, 0.05) is 7.05 Å². The van der Waals surface area contributed by atoms with Crippen LogP contribution in [0.4, 0.5) is 17.6 Å². The Morgan fingerprint density at radius 2 is 1.89 bits per heavy atom. The van der Waals surface area contributed by atoms with Crippen molar-refractivity contribution in [2.24, 2.45) is 7.05 Å². The minimum Gasteiger partial charge on any atom is -0.488 e. The van der Waals surface area contributed by atoms with E-state index in [0.29, 0.717) is 5.56 Å². The van der Waals surface area contributed by atoms with Gasteiger partial charge in [-0.05, 0) is 41.6 Å². The van der Waals surface area contributed by atoms with Crippen molar-refractivity contribution in [2.45, 2.75) is 19.7 Å². The van der Waals surface area contributed by atoms with Gasteiger partial charge in [0.15, 0.2) is 0 Å². The van der Waals surface area contributed by atoms with Crippen LogP contribution in [-0.2, 0) is 19.8 Å². The molecule has 0 saturated heterocycles. The number of tetrazole rings is 1. The lowest BCUT2D eigenvalue weighted by Crippen LogP contribution is -2.23.